The van der Waals surface area contributed by atoms with Gasteiger partial charge >= 0.3 is 0 Å². The maximum atomic E-state index is 12.8. The lowest BCUT2D eigenvalue weighted by atomic mass is 10.1. The van der Waals surface area contributed by atoms with Crippen LogP contribution in [0.3, 0.4) is 0 Å². The molecule has 1 saturated heterocycles. The van der Waals surface area contributed by atoms with Gasteiger partial charge in [0.05, 0.1) is 22.8 Å². The number of piperidine rings is 1. The summed E-state index contributed by atoms with van der Waals surface area (Å²) in [4.78, 5) is 26.0. The van der Waals surface area contributed by atoms with Crippen molar-refractivity contribution in [1.82, 2.24) is 4.31 Å². The number of benzene rings is 2. The van der Waals surface area contributed by atoms with Crippen LogP contribution < -0.4 is 15.5 Å². The number of amides is 2. The molecule has 2 amide bonds. The molecule has 166 valence electrons. The van der Waals surface area contributed by atoms with Crippen LogP contribution in [0.1, 0.15) is 26.2 Å². The minimum atomic E-state index is -3.85. The molecular formula is C22H28N4O4S. The molecule has 0 spiro atoms. The largest absolute Gasteiger partial charge is 0.370 e. The maximum absolute atomic E-state index is 12.8. The molecule has 0 bridgehead atoms. The third-order valence-corrected chi connectivity index (χ3v) is 6.94. The van der Waals surface area contributed by atoms with Gasteiger partial charge in [0, 0.05) is 32.7 Å². The van der Waals surface area contributed by atoms with Gasteiger partial charge in [0.25, 0.3) is 0 Å². The highest BCUT2D eigenvalue weighted by atomic mass is 32.2. The minimum absolute atomic E-state index is 0.0469. The Balaban J connectivity index is 1.67. The Hall–Kier alpha value is -2.91. The first-order chi connectivity index (χ1) is 14.8. The Labute approximate surface area is 183 Å². The zero-order chi connectivity index (χ0) is 22.4. The Morgan fingerprint density at radius 3 is 2.26 bits per heavy atom. The van der Waals surface area contributed by atoms with Crippen LogP contribution in [0.5, 0.6) is 0 Å². The van der Waals surface area contributed by atoms with Crippen molar-refractivity contribution in [2.45, 2.75) is 31.1 Å². The molecule has 3 rings (SSSR count). The monoisotopic (exact) mass is 444 g/mol. The second kappa shape index (κ2) is 9.93. The van der Waals surface area contributed by atoms with Crippen LogP contribution in [0.25, 0.3) is 0 Å². The smallest absolute Gasteiger partial charge is 0.243 e. The molecule has 0 atom stereocenters. The molecule has 9 heteroatoms. The molecule has 1 heterocycles. The number of carbonyl (C=O) groups excluding carboxylic acids is 2. The molecule has 2 aromatic rings. The van der Waals surface area contributed by atoms with Gasteiger partial charge in [0.2, 0.25) is 21.8 Å². The fourth-order valence-electron chi connectivity index (χ4n) is 3.56. The number of nitrogens with one attached hydrogen (secondary N) is 2. The first kappa shape index (κ1) is 22.8. The second-order valence-electron chi connectivity index (χ2n) is 7.58. The van der Waals surface area contributed by atoms with E-state index in [0.29, 0.717) is 11.4 Å². The van der Waals surface area contributed by atoms with E-state index in [9.17, 15) is 18.0 Å². The average molecular weight is 445 g/mol. The van der Waals surface area contributed by atoms with Gasteiger partial charge in [-0.25, -0.2) is 8.42 Å². The molecular weight excluding hydrogens is 416 g/mol. The Kier molecular flexibility index (Phi) is 7.29. The number of hydrogen-bond acceptors (Lipinski definition) is 5. The third kappa shape index (κ3) is 5.83. The molecule has 0 aliphatic carbocycles. The number of rotatable bonds is 7. The average Bonchev–Trinajstić information content (AvgIpc) is 2.74. The van der Waals surface area contributed by atoms with E-state index < -0.39 is 15.9 Å². The SMILES string of the molecule is CC(=O)Nc1ccc(S(=O)(=O)N(C)CC(=O)Nc2ccccc2N2CCCCC2)cc1. The van der Waals surface area contributed by atoms with Gasteiger partial charge in [-0.15, -0.1) is 0 Å². The zero-order valence-corrected chi connectivity index (χ0v) is 18.6. The van der Waals surface area contributed by atoms with E-state index in [1.807, 2.05) is 24.3 Å². The summed E-state index contributed by atoms with van der Waals surface area (Å²) in [5, 5.41) is 5.45. The summed E-state index contributed by atoms with van der Waals surface area (Å²) in [6.07, 6.45) is 3.44. The van der Waals surface area contributed by atoms with Crippen molar-refractivity contribution in [2.24, 2.45) is 0 Å². The summed E-state index contributed by atoms with van der Waals surface area (Å²) in [5.41, 5.74) is 2.13. The highest BCUT2D eigenvalue weighted by molar-refractivity contribution is 7.89. The Morgan fingerprint density at radius 2 is 1.61 bits per heavy atom. The van der Waals surface area contributed by atoms with Gasteiger partial charge in [-0.2, -0.15) is 4.31 Å². The molecule has 1 aliphatic heterocycles. The first-order valence-electron chi connectivity index (χ1n) is 10.3. The molecule has 2 N–H and O–H groups in total. The summed E-state index contributed by atoms with van der Waals surface area (Å²) in [6.45, 7) is 2.94. The van der Waals surface area contributed by atoms with E-state index in [2.05, 4.69) is 15.5 Å². The quantitative estimate of drug-likeness (QED) is 0.684. The number of sulfonamides is 1. The molecule has 0 unspecified atom stereocenters. The van der Waals surface area contributed by atoms with Crippen LogP contribution in [0.4, 0.5) is 17.1 Å². The molecule has 31 heavy (non-hydrogen) atoms. The van der Waals surface area contributed by atoms with Crippen molar-refractivity contribution in [2.75, 3.05) is 42.2 Å². The number of carbonyl (C=O) groups is 2. The summed E-state index contributed by atoms with van der Waals surface area (Å²) >= 11 is 0. The van der Waals surface area contributed by atoms with E-state index in [1.54, 1.807) is 0 Å². The lowest BCUT2D eigenvalue weighted by molar-refractivity contribution is -0.116. The van der Waals surface area contributed by atoms with Crippen molar-refractivity contribution in [3.8, 4) is 0 Å². The Morgan fingerprint density at radius 1 is 0.968 bits per heavy atom. The van der Waals surface area contributed by atoms with Crippen LogP contribution in [-0.4, -0.2) is 51.2 Å². The van der Waals surface area contributed by atoms with E-state index in [0.717, 1.165) is 35.9 Å². The maximum Gasteiger partial charge on any atom is 0.243 e. The second-order valence-corrected chi connectivity index (χ2v) is 9.62. The van der Waals surface area contributed by atoms with Crippen molar-refractivity contribution < 1.29 is 18.0 Å². The van der Waals surface area contributed by atoms with Gasteiger partial charge in [-0.05, 0) is 55.7 Å². The van der Waals surface area contributed by atoms with Gasteiger partial charge < -0.3 is 15.5 Å². The molecule has 2 aromatic carbocycles. The minimum Gasteiger partial charge on any atom is -0.370 e. The standard InChI is InChI=1S/C22H28N4O4S/c1-17(27)23-18-10-12-19(13-11-18)31(29,30)25(2)16-22(28)24-20-8-4-5-9-21(20)26-14-6-3-7-15-26/h4-5,8-13H,3,6-7,14-16H2,1-2H3,(H,23,27)(H,24,28). The van der Waals surface area contributed by atoms with Crippen molar-refractivity contribution in [1.29, 1.82) is 0 Å². The highest BCUT2D eigenvalue weighted by Crippen LogP contribution is 2.28. The van der Waals surface area contributed by atoms with Crippen molar-refractivity contribution in [3.05, 3.63) is 48.5 Å². The normalized spacial score (nSPS) is 14.4. The number of hydrogen-bond donors (Lipinski definition) is 2. The number of likely N-dealkylation sites (N-methyl/N-ethyl adjacent to an activating group) is 1. The lowest BCUT2D eigenvalue weighted by Crippen LogP contribution is -2.35. The molecule has 8 nitrogen and oxygen atoms in total. The van der Waals surface area contributed by atoms with Gasteiger partial charge in [0.1, 0.15) is 0 Å². The van der Waals surface area contributed by atoms with Gasteiger partial charge in [-0.3, -0.25) is 9.59 Å². The molecule has 1 fully saturated rings. The van der Waals surface area contributed by atoms with E-state index in [4.69, 9.17) is 0 Å². The summed E-state index contributed by atoms with van der Waals surface area (Å²) in [5.74, 6) is -0.653. The third-order valence-electron chi connectivity index (χ3n) is 5.12. The fraction of sp³-hybridized carbons (Fsp3) is 0.364. The van der Waals surface area contributed by atoms with E-state index >= 15 is 0 Å². The highest BCUT2D eigenvalue weighted by Gasteiger charge is 2.24. The number of nitrogens with zero attached hydrogens (tertiary/aromatic N) is 2. The number of anilines is 3. The lowest BCUT2D eigenvalue weighted by Gasteiger charge is -2.30. The number of para-hydroxylation sites is 2. The fourth-order valence-corrected chi connectivity index (χ4v) is 4.69. The summed E-state index contributed by atoms with van der Waals surface area (Å²) < 4.78 is 26.6. The first-order valence-corrected chi connectivity index (χ1v) is 11.7. The molecule has 0 radical (unpaired) electrons. The Bertz CT molecular complexity index is 1030. The summed E-state index contributed by atoms with van der Waals surface area (Å²) in [6, 6.07) is 13.4. The van der Waals surface area contributed by atoms with Gasteiger partial charge in [0.15, 0.2) is 0 Å². The van der Waals surface area contributed by atoms with Crippen LogP contribution in [0, 0.1) is 0 Å². The van der Waals surface area contributed by atoms with E-state index in [1.165, 1.54) is 44.7 Å². The predicted octanol–water partition coefficient (Wildman–Crippen LogP) is 2.89. The topological polar surface area (TPSA) is 98.8 Å². The zero-order valence-electron chi connectivity index (χ0n) is 17.8. The predicted molar refractivity (Wildman–Crippen MR) is 122 cm³/mol. The molecule has 0 saturated carbocycles. The van der Waals surface area contributed by atoms with Gasteiger partial charge in [-0.1, -0.05) is 12.1 Å². The van der Waals surface area contributed by atoms with Crippen LogP contribution in [0.2, 0.25) is 0 Å². The van der Waals surface area contributed by atoms with Crippen molar-refractivity contribution >= 4 is 38.9 Å². The van der Waals surface area contributed by atoms with E-state index in [-0.39, 0.29) is 17.3 Å². The van der Waals surface area contributed by atoms with Crippen molar-refractivity contribution in [3.63, 3.8) is 0 Å². The molecule has 0 aromatic heterocycles. The van der Waals surface area contributed by atoms with Crippen LogP contribution in [0.15, 0.2) is 53.4 Å². The van der Waals surface area contributed by atoms with Crippen LogP contribution >= 0.6 is 0 Å². The van der Waals surface area contributed by atoms with Crippen LogP contribution in [-0.2, 0) is 19.6 Å². The summed E-state index contributed by atoms with van der Waals surface area (Å²) in [7, 11) is -2.48. The molecule has 1 aliphatic rings.